The Kier molecular flexibility index (Phi) is 8.08. The molecule has 0 aromatic heterocycles. The predicted octanol–water partition coefficient (Wildman–Crippen LogP) is 3.82. The van der Waals surface area contributed by atoms with Gasteiger partial charge in [-0.25, -0.2) is 8.42 Å². The normalized spacial score (nSPS) is 12.3. The maximum atomic E-state index is 12.4. The molecule has 0 aliphatic heterocycles. The molecule has 0 spiro atoms. The van der Waals surface area contributed by atoms with E-state index in [1.54, 1.807) is 13.2 Å². The molecule has 1 unspecified atom stereocenters. The molecule has 0 fully saturated rings. The van der Waals surface area contributed by atoms with Crippen molar-refractivity contribution in [2.75, 3.05) is 24.2 Å². The zero-order valence-electron chi connectivity index (χ0n) is 17.5. The van der Waals surface area contributed by atoms with Gasteiger partial charge in [-0.15, -0.1) is 0 Å². The van der Waals surface area contributed by atoms with E-state index in [4.69, 9.17) is 4.74 Å². The molecule has 0 bridgehead atoms. The zero-order valence-corrected chi connectivity index (χ0v) is 18.3. The summed E-state index contributed by atoms with van der Waals surface area (Å²) in [6, 6.07) is 14.9. The molecule has 2 aromatic carbocycles. The number of nitrogens with one attached hydrogen (secondary N) is 1. The molecule has 0 saturated heterocycles. The first-order valence-corrected chi connectivity index (χ1v) is 11.6. The summed E-state index contributed by atoms with van der Waals surface area (Å²) in [7, 11) is -1.81. The van der Waals surface area contributed by atoms with Crippen LogP contribution in [-0.2, 0) is 14.8 Å². The number of ether oxygens (including phenoxy) is 1. The SMILES string of the molecule is CCC(NC(=O)CCCN(c1ccccc1C)S(C)(=O)=O)c1ccc(OC)cc1. The van der Waals surface area contributed by atoms with Crippen LogP contribution in [-0.4, -0.2) is 34.2 Å². The van der Waals surface area contributed by atoms with Crippen LogP contribution in [0.25, 0.3) is 0 Å². The van der Waals surface area contributed by atoms with Crippen LogP contribution in [0.5, 0.6) is 5.75 Å². The molecule has 0 radical (unpaired) electrons. The smallest absolute Gasteiger partial charge is 0.232 e. The van der Waals surface area contributed by atoms with Crippen molar-refractivity contribution in [3.63, 3.8) is 0 Å². The maximum absolute atomic E-state index is 12.4. The fourth-order valence-corrected chi connectivity index (χ4v) is 4.24. The van der Waals surface area contributed by atoms with Crippen LogP contribution in [0.3, 0.4) is 0 Å². The first-order chi connectivity index (χ1) is 13.8. The first kappa shape index (κ1) is 22.7. The molecule has 2 aromatic rings. The van der Waals surface area contributed by atoms with Crippen LogP contribution in [0, 0.1) is 6.92 Å². The van der Waals surface area contributed by atoms with Crippen LogP contribution < -0.4 is 14.4 Å². The van der Waals surface area contributed by atoms with Crippen molar-refractivity contribution in [3.8, 4) is 5.75 Å². The summed E-state index contributed by atoms with van der Waals surface area (Å²) in [5.74, 6) is 0.679. The summed E-state index contributed by atoms with van der Waals surface area (Å²) in [5, 5.41) is 3.04. The Labute approximate surface area is 173 Å². The largest absolute Gasteiger partial charge is 0.497 e. The topological polar surface area (TPSA) is 75.7 Å². The second-order valence-corrected chi connectivity index (χ2v) is 8.93. The molecule has 0 saturated carbocycles. The summed E-state index contributed by atoms with van der Waals surface area (Å²) in [6.45, 7) is 4.15. The number of anilines is 1. The minimum absolute atomic E-state index is 0.0872. The van der Waals surface area contributed by atoms with E-state index in [2.05, 4.69) is 5.32 Å². The highest BCUT2D eigenvalue weighted by atomic mass is 32.2. The minimum Gasteiger partial charge on any atom is -0.497 e. The van der Waals surface area contributed by atoms with E-state index >= 15 is 0 Å². The first-order valence-electron chi connectivity index (χ1n) is 9.73. The summed E-state index contributed by atoms with van der Waals surface area (Å²) in [6.07, 6.45) is 2.64. The number of carbonyl (C=O) groups is 1. The van der Waals surface area contributed by atoms with Crippen molar-refractivity contribution in [1.29, 1.82) is 0 Å². The summed E-state index contributed by atoms with van der Waals surface area (Å²) >= 11 is 0. The van der Waals surface area contributed by atoms with E-state index in [1.165, 1.54) is 10.6 Å². The third-order valence-corrected chi connectivity index (χ3v) is 5.99. The van der Waals surface area contributed by atoms with Crippen molar-refractivity contribution in [1.82, 2.24) is 5.32 Å². The van der Waals surface area contributed by atoms with Gasteiger partial charge in [0, 0.05) is 13.0 Å². The van der Waals surface area contributed by atoms with E-state index in [9.17, 15) is 13.2 Å². The minimum atomic E-state index is -3.43. The Morgan fingerprint density at radius 3 is 2.34 bits per heavy atom. The number of amides is 1. The average molecular weight is 419 g/mol. The van der Waals surface area contributed by atoms with Crippen LogP contribution >= 0.6 is 0 Å². The molecule has 7 heteroatoms. The predicted molar refractivity (Wildman–Crippen MR) is 117 cm³/mol. The molecule has 29 heavy (non-hydrogen) atoms. The number of sulfonamides is 1. The number of rotatable bonds is 10. The lowest BCUT2D eigenvalue weighted by Gasteiger charge is -2.24. The number of benzene rings is 2. The number of hydrogen-bond acceptors (Lipinski definition) is 4. The molecular weight excluding hydrogens is 388 g/mol. The van der Waals surface area contributed by atoms with E-state index in [0.717, 1.165) is 23.3 Å². The summed E-state index contributed by atoms with van der Waals surface area (Å²) in [5.41, 5.74) is 2.55. The Morgan fingerprint density at radius 1 is 1.14 bits per heavy atom. The van der Waals surface area contributed by atoms with Gasteiger partial charge >= 0.3 is 0 Å². The van der Waals surface area contributed by atoms with E-state index in [1.807, 2.05) is 56.3 Å². The lowest BCUT2D eigenvalue weighted by atomic mass is 10.0. The Hall–Kier alpha value is -2.54. The fourth-order valence-electron chi connectivity index (χ4n) is 3.22. The van der Waals surface area contributed by atoms with Gasteiger partial charge in [-0.2, -0.15) is 0 Å². The quantitative estimate of drug-likeness (QED) is 0.636. The van der Waals surface area contributed by atoms with Gasteiger partial charge < -0.3 is 10.1 Å². The van der Waals surface area contributed by atoms with Crippen LogP contribution in [0.4, 0.5) is 5.69 Å². The van der Waals surface area contributed by atoms with E-state index in [0.29, 0.717) is 12.1 Å². The second-order valence-electron chi connectivity index (χ2n) is 7.03. The molecule has 0 aliphatic carbocycles. The van der Waals surface area contributed by atoms with Gasteiger partial charge in [-0.1, -0.05) is 37.3 Å². The van der Waals surface area contributed by atoms with Crippen molar-refractivity contribution in [2.45, 2.75) is 39.2 Å². The molecular formula is C22H30N2O4S. The maximum Gasteiger partial charge on any atom is 0.232 e. The zero-order chi connectivity index (χ0) is 21.4. The molecule has 158 valence electrons. The highest BCUT2D eigenvalue weighted by Gasteiger charge is 2.19. The third kappa shape index (κ3) is 6.49. The molecule has 6 nitrogen and oxygen atoms in total. The van der Waals surface area contributed by atoms with Crippen LogP contribution in [0.15, 0.2) is 48.5 Å². The standard InChI is InChI=1S/C22H30N2O4S/c1-5-20(18-12-14-19(28-3)15-13-18)23-22(25)11-8-16-24(29(4,26)27)21-10-7-6-9-17(21)2/h6-7,9-10,12-15,20H,5,8,11,16H2,1-4H3,(H,23,25). The number of para-hydroxylation sites is 1. The summed E-state index contributed by atoms with van der Waals surface area (Å²) < 4.78 is 31.0. The highest BCUT2D eigenvalue weighted by molar-refractivity contribution is 7.92. The van der Waals surface area contributed by atoms with Gasteiger partial charge in [0.2, 0.25) is 15.9 Å². The van der Waals surface area contributed by atoms with Gasteiger partial charge in [0.25, 0.3) is 0 Å². The van der Waals surface area contributed by atoms with Crippen molar-refractivity contribution < 1.29 is 17.9 Å². The molecule has 1 atom stereocenters. The van der Waals surface area contributed by atoms with E-state index in [-0.39, 0.29) is 24.9 Å². The third-order valence-electron chi connectivity index (χ3n) is 4.81. The van der Waals surface area contributed by atoms with Crippen molar-refractivity contribution >= 4 is 21.6 Å². The lowest BCUT2D eigenvalue weighted by Crippen LogP contribution is -2.33. The van der Waals surface area contributed by atoms with Crippen LogP contribution in [0.2, 0.25) is 0 Å². The number of hydrogen-bond donors (Lipinski definition) is 1. The van der Waals surface area contributed by atoms with Crippen molar-refractivity contribution in [2.24, 2.45) is 0 Å². The number of nitrogens with zero attached hydrogens (tertiary/aromatic N) is 1. The fraction of sp³-hybridized carbons (Fsp3) is 0.409. The van der Waals surface area contributed by atoms with Gasteiger partial charge in [0.05, 0.1) is 25.1 Å². The molecule has 0 aliphatic rings. The van der Waals surface area contributed by atoms with Gasteiger partial charge in [0.15, 0.2) is 0 Å². The number of aryl methyl sites for hydroxylation is 1. The molecule has 1 amide bonds. The monoisotopic (exact) mass is 418 g/mol. The van der Waals surface area contributed by atoms with Crippen molar-refractivity contribution in [3.05, 3.63) is 59.7 Å². The van der Waals surface area contributed by atoms with E-state index < -0.39 is 10.0 Å². The molecule has 0 heterocycles. The van der Waals surface area contributed by atoms with Gasteiger partial charge in [-0.3, -0.25) is 9.10 Å². The number of carbonyl (C=O) groups excluding carboxylic acids is 1. The Bertz CT molecular complexity index is 911. The van der Waals surface area contributed by atoms with Crippen LogP contribution in [0.1, 0.15) is 43.4 Å². The van der Waals surface area contributed by atoms with Gasteiger partial charge in [-0.05, 0) is 49.1 Å². The second kappa shape index (κ2) is 10.3. The Balaban J connectivity index is 1.96. The lowest BCUT2D eigenvalue weighted by molar-refractivity contribution is -0.121. The molecule has 2 rings (SSSR count). The average Bonchev–Trinajstić information content (AvgIpc) is 2.69. The molecule has 1 N–H and O–H groups in total. The van der Waals surface area contributed by atoms with Gasteiger partial charge in [0.1, 0.15) is 5.75 Å². The Morgan fingerprint density at radius 2 is 1.79 bits per heavy atom. The highest BCUT2D eigenvalue weighted by Crippen LogP contribution is 2.23. The number of methoxy groups -OCH3 is 1. The summed E-state index contributed by atoms with van der Waals surface area (Å²) in [4.78, 5) is 12.4.